The Hall–Kier alpha value is -2.37. The summed E-state index contributed by atoms with van der Waals surface area (Å²) in [4.78, 5) is 38.3. The van der Waals surface area contributed by atoms with Crippen LogP contribution >= 0.6 is 0 Å². The second-order valence-electron chi connectivity index (χ2n) is 25.6. The van der Waals surface area contributed by atoms with E-state index in [-0.39, 0.29) is 31.1 Å². The van der Waals surface area contributed by atoms with Crippen LogP contribution in [0.2, 0.25) is 0 Å². The van der Waals surface area contributed by atoms with Gasteiger partial charge in [-0.25, -0.2) is 0 Å². The lowest BCUT2D eigenvalue weighted by Crippen LogP contribution is -2.30. The van der Waals surface area contributed by atoms with E-state index in [1.54, 1.807) is 0 Å². The second kappa shape index (κ2) is 72.1. The minimum atomic E-state index is -0.767. The van der Waals surface area contributed by atoms with E-state index >= 15 is 0 Å². The maximum atomic E-state index is 12.9. The minimum absolute atomic E-state index is 0.0646. The predicted molar refractivity (Wildman–Crippen MR) is 362 cm³/mol. The van der Waals surface area contributed by atoms with E-state index in [1.807, 2.05) is 0 Å². The molecule has 0 saturated heterocycles. The van der Waals surface area contributed by atoms with Crippen molar-refractivity contribution < 1.29 is 28.6 Å². The number of hydrogen-bond acceptors (Lipinski definition) is 6. The first kappa shape index (κ1) is 80.6. The average Bonchev–Trinajstić information content (AvgIpc) is 3.49. The number of ether oxygens (including phenoxy) is 3. The van der Waals surface area contributed by atoms with Crippen LogP contribution < -0.4 is 0 Å². The van der Waals surface area contributed by atoms with Gasteiger partial charge in [0, 0.05) is 19.3 Å². The first-order valence-corrected chi connectivity index (χ1v) is 37.5. The van der Waals surface area contributed by atoms with Crippen LogP contribution in [0.15, 0.2) is 36.5 Å². The molecule has 0 aromatic rings. The number of allylic oxidation sites excluding steroid dienone is 6. The van der Waals surface area contributed by atoms with Gasteiger partial charge in [-0.15, -0.1) is 0 Å². The summed E-state index contributed by atoms with van der Waals surface area (Å²) in [6, 6.07) is 0. The summed E-state index contributed by atoms with van der Waals surface area (Å²) in [5.74, 6) is -0.835. The maximum Gasteiger partial charge on any atom is 0.306 e. The largest absolute Gasteiger partial charge is 0.462 e. The van der Waals surface area contributed by atoms with Crippen molar-refractivity contribution in [3.05, 3.63) is 36.5 Å². The Morgan fingerprint density at radius 1 is 0.241 bits per heavy atom. The summed E-state index contributed by atoms with van der Waals surface area (Å²) in [6.45, 7) is 6.69. The van der Waals surface area contributed by atoms with Gasteiger partial charge < -0.3 is 14.2 Å². The van der Waals surface area contributed by atoms with Crippen molar-refractivity contribution in [3.8, 4) is 0 Å². The van der Waals surface area contributed by atoms with E-state index in [2.05, 4.69) is 57.2 Å². The molecule has 0 radical (unpaired) electrons. The van der Waals surface area contributed by atoms with E-state index in [4.69, 9.17) is 14.2 Å². The van der Waals surface area contributed by atoms with Gasteiger partial charge in [0.05, 0.1) is 0 Å². The van der Waals surface area contributed by atoms with Crippen molar-refractivity contribution in [2.45, 2.75) is 425 Å². The molecule has 0 rings (SSSR count). The molecule has 0 N–H and O–H groups in total. The first-order valence-electron chi connectivity index (χ1n) is 37.5. The van der Waals surface area contributed by atoms with Gasteiger partial charge in [0.15, 0.2) is 6.10 Å². The zero-order valence-corrected chi connectivity index (χ0v) is 56.2. The lowest BCUT2D eigenvalue weighted by molar-refractivity contribution is -0.167. The Morgan fingerprint density at radius 3 is 0.675 bits per heavy atom. The van der Waals surface area contributed by atoms with Gasteiger partial charge in [-0.3, -0.25) is 14.4 Å². The minimum Gasteiger partial charge on any atom is -0.462 e. The fraction of sp³-hybridized carbons (Fsp3) is 0.883. The zero-order valence-electron chi connectivity index (χ0n) is 56.2. The lowest BCUT2D eigenvalue weighted by atomic mass is 10.0. The van der Waals surface area contributed by atoms with Gasteiger partial charge in [-0.2, -0.15) is 0 Å². The molecule has 83 heavy (non-hydrogen) atoms. The standard InChI is InChI=1S/C77H144O6/c1-4-7-10-13-16-19-21-23-25-27-29-31-33-34-35-36-37-38-39-40-41-42-44-45-47-49-51-53-55-58-61-64-67-70-76(79)82-73-74(72-81-75(78)69-66-63-60-57-18-15-12-9-6-3)83-77(80)71-68-65-62-59-56-54-52-50-48-46-43-32-30-28-26-24-22-20-17-14-11-8-5-2/h21,23,27,29,33-34,74H,4-20,22,24-26,28,30-32,35-73H2,1-3H3/b23-21-,29-27-,34-33-. The highest BCUT2D eigenvalue weighted by Gasteiger charge is 2.20. The van der Waals surface area contributed by atoms with Crippen LogP contribution in [0.4, 0.5) is 0 Å². The highest BCUT2D eigenvalue weighted by atomic mass is 16.6. The molecule has 0 spiro atoms. The highest BCUT2D eigenvalue weighted by Crippen LogP contribution is 2.19. The molecule has 0 aliphatic heterocycles. The molecule has 0 aromatic carbocycles. The van der Waals surface area contributed by atoms with Crippen LogP contribution in [0, 0.1) is 0 Å². The summed E-state index contributed by atoms with van der Waals surface area (Å²) < 4.78 is 17.0. The Morgan fingerprint density at radius 2 is 0.434 bits per heavy atom. The van der Waals surface area contributed by atoms with Crippen molar-refractivity contribution >= 4 is 17.9 Å². The first-order chi connectivity index (χ1) is 41.0. The van der Waals surface area contributed by atoms with Crippen LogP contribution in [-0.4, -0.2) is 37.2 Å². The molecular weight excluding hydrogens is 1020 g/mol. The van der Waals surface area contributed by atoms with Crippen LogP contribution in [-0.2, 0) is 28.6 Å². The summed E-state index contributed by atoms with van der Waals surface area (Å²) in [5.41, 5.74) is 0. The second-order valence-corrected chi connectivity index (χ2v) is 25.6. The van der Waals surface area contributed by atoms with E-state index in [1.165, 1.54) is 308 Å². The Labute approximate surface area is 518 Å². The molecule has 1 atom stereocenters. The van der Waals surface area contributed by atoms with Gasteiger partial charge in [-0.05, 0) is 57.8 Å². The van der Waals surface area contributed by atoms with E-state index in [0.717, 1.165) is 70.6 Å². The van der Waals surface area contributed by atoms with Crippen molar-refractivity contribution in [2.75, 3.05) is 13.2 Å². The molecule has 0 amide bonds. The average molecular weight is 1170 g/mol. The number of carbonyl (C=O) groups is 3. The topological polar surface area (TPSA) is 78.9 Å². The van der Waals surface area contributed by atoms with Gasteiger partial charge in [0.25, 0.3) is 0 Å². The summed E-state index contributed by atoms with van der Waals surface area (Å²) >= 11 is 0. The third kappa shape index (κ3) is 70.3. The number of unbranched alkanes of at least 4 members (excludes halogenated alkanes) is 53. The molecule has 0 saturated carbocycles. The normalized spacial score (nSPS) is 12.2. The molecule has 0 heterocycles. The summed E-state index contributed by atoms with van der Waals surface area (Å²) in [7, 11) is 0. The molecule has 6 heteroatoms. The van der Waals surface area contributed by atoms with Crippen LogP contribution in [0.1, 0.15) is 419 Å². The maximum absolute atomic E-state index is 12.9. The number of rotatable bonds is 70. The number of hydrogen-bond donors (Lipinski definition) is 0. The molecule has 488 valence electrons. The molecular formula is C77H144O6. The number of esters is 3. The molecule has 0 bridgehead atoms. The Kier molecular flexibility index (Phi) is 70.0. The smallest absolute Gasteiger partial charge is 0.306 e. The molecule has 0 fully saturated rings. The molecule has 0 aromatic heterocycles. The molecule has 1 unspecified atom stereocenters. The lowest BCUT2D eigenvalue weighted by Gasteiger charge is -2.18. The fourth-order valence-electron chi connectivity index (χ4n) is 11.5. The van der Waals surface area contributed by atoms with E-state index < -0.39 is 6.10 Å². The quantitative estimate of drug-likeness (QED) is 0.0261. The zero-order chi connectivity index (χ0) is 59.9. The van der Waals surface area contributed by atoms with Crippen molar-refractivity contribution in [3.63, 3.8) is 0 Å². The van der Waals surface area contributed by atoms with E-state index in [0.29, 0.717) is 19.3 Å². The molecule has 0 aliphatic rings. The fourth-order valence-corrected chi connectivity index (χ4v) is 11.5. The van der Waals surface area contributed by atoms with Gasteiger partial charge in [-0.1, -0.05) is 378 Å². The van der Waals surface area contributed by atoms with Crippen LogP contribution in [0.5, 0.6) is 0 Å². The Balaban J connectivity index is 4.04. The SMILES string of the molecule is CCCCCCC/C=C\C/C=C\C/C=C\CCCCCCCCCCCCCCCCCCCCC(=O)OCC(COC(=O)CCCCCCCCCCC)OC(=O)CCCCCCCCCCCCCCCCCCCCCCCCC. The van der Waals surface area contributed by atoms with Gasteiger partial charge >= 0.3 is 17.9 Å². The Bertz CT molecular complexity index is 1380. The monoisotopic (exact) mass is 1170 g/mol. The van der Waals surface area contributed by atoms with Crippen molar-refractivity contribution in [1.82, 2.24) is 0 Å². The van der Waals surface area contributed by atoms with Gasteiger partial charge in [0.2, 0.25) is 0 Å². The third-order valence-electron chi connectivity index (χ3n) is 17.1. The molecule has 6 nitrogen and oxygen atoms in total. The summed E-state index contributed by atoms with van der Waals surface area (Å²) in [6.07, 6.45) is 90.7. The number of carbonyl (C=O) groups excluding carboxylic acids is 3. The van der Waals surface area contributed by atoms with Crippen molar-refractivity contribution in [2.24, 2.45) is 0 Å². The van der Waals surface area contributed by atoms with Crippen molar-refractivity contribution in [1.29, 1.82) is 0 Å². The van der Waals surface area contributed by atoms with E-state index in [9.17, 15) is 14.4 Å². The van der Waals surface area contributed by atoms with Gasteiger partial charge in [0.1, 0.15) is 13.2 Å². The third-order valence-corrected chi connectivity index (χ3v) is 17.1. The summed E-state index contributed by atoms with van der Waals surface area (Å²) in [5, 5.41) is 0. The highest BCUT2D eigenvalue weighted by molar-refractivity contribution is 5.71. The predicted octanol–water partition coefficient (Wildman–Crippen LogP) is 25.9. The van der Waals surface area contributed by atoms with Crippen LogP contribution in [0.25, 0.3) is 0 Å². The molecule has 0 aliphatic carbocycles. The van der Waals surface area contributed by atoms with Crippen LogP contribution in [0.3, 0.4) is 0 Å².